The average molecular weight is 417 g/mol. The SMILES string of the molecule is COc1ccc([C@H]2[C@@H]3CN(C(=O)c4ccc(C)cc4OC)C[C@@H]3CN2C)cc1.Cl. The van der Waals surface area contributed by atoms with Crippen LogP contribution in [0.15, 0.2) is 42.5 Å². The maximum Gasteiger partial charge on any atom is 0.257 e. The Morgan fingerprint density at radius 2 is 1.72 bits per heavy atom. The molecule has 1 amide bonds. The first-order chi connectivity index (χ1) is 13.5. The molecule has 2 fully saturated rings. The smallest absolute Gasteiger partial charge is 0.257 e. The normalized spacial score (nSPS) is 23.4. The molecule has 0 aromatic heterocycles. The van der Waals surface area contributed by atoms with E-state index >= 15 is 0 Å². The minimum absolute atomic E-state index is 0. The standard InChI is InChI=1S/C23H28N2O3.ClH/c1-15-5-10-19(21(11-15)28-4)23(26)25-13-17-12-24(2)22(20(17)14-25)16-6-8-18(27-3)9-7-16;/h5-11,17,20,22H,12-14H2,1-4H3;1H/t17-,20+,22-;/m0./s1. The summed E-state index contributed by atoms with van der Waals surface area (Å²) in [5.41, 5.74) is 3.04. The van der Waals surface area contributed by atoms with Gasteiger partial charge in [-0.1, -0.05) is 18.2 Å². The van der Waals surface area contributed by atoms with Crippen molar-refractivity contribution in [3.05, 3.63) is 59.2 Å². The van der Waals surface area contributed by atoms with Gasteiger partial charge in [0.15, 0.2) is 0 Å². The largest absolute Gasteiger partial charge is 0.497 e. The number of ether oxygens (including phenoxy) is 2. The number of hydrogen-bond donors (Lipinski definition) is 0. The number of benzene rings is 2. The molecule has 2 heterocycles. The number of aryl methyl sites for hydroxylation is 1. The van der Waals surface area contributed by atoms with E-state index in [0.29, 0.717) is 29.2 Å². The molecule has 5 nitrogen and oxygen atoms in total. The fraction of sp³-hybridized carbons (Fsp3) is 0.435. The average Bonchev–Trinajstić information content (AvgIpc) is 3.24. The zero-order valence-corrected chi connectivity index (χ0v) is 18.2. The van der Waals surface area contributed by atoms with Crippen molar-refractivity contribution in [2.75, 3.05) is 40.9 Å². The molecule has 156 valence electrons. The zero-order chi connectivity index (χ0) is 19.8. The van der Waals surface area contributed by atoms with Crippen LogP contribution in [0.5, 0.6) is 11.5 Å². The number of likely N-dealkylation sites (tertiary alicyclic amines) is 2. The summed E-state index contributed by atoms with van der Waals surface area (Å²) < 4.78 is 10.8. The van der Waals surface area contributed by atoms with Crippen LogP contribution < -0.4 is 9.47 Å². The molecule has 0 radical (unpaired) electrons. The number of rotatable bonds is 4. The number of halogens is 1. The number of nitrogens with zero attached hydrogens (tertiary/aromatic N) is 2. The molecular weight excluding hydrogens is 388 g/mol. The summed E-state index contributed by atoms with van der Waals surface area (Å²) in [6.45, 7) is 4.60. The quantitative estimate of drug-likeness (QED) is 0.760. The second-order valence-electron chi connectivity index (χ2n) is 8.00. The minimum Gasteiger partial charge on any atom is -0.497 e. The summed E-state index contributed by atoms with van der Waals surface area (Å²) >= 11 is 0. The molecule has 0 saturated carbocycles. The topological polar surface area (TPSA) is 42.0 Å². The lowest BCUT2D eigenvalue weighted by Crippen LogP contribution is -2.33. The number of carbonyl (C=O) groups excluding carboxylic acids is 1. The molecule has 2 aromatic carbocycles. The first kappa shape index (κ1) is 21.5. The van der Waals surface area contributed by atoms with Crippen LogP contribution in [0, 0.1) is 18.8 Å². The van der Waals surface area contributed by atoms with Gasteiger partial charge in [-0.3, -0.25) is 9.69 Å². The van der Waals surface area contributed by atoms with Crippen LogP contribution >= 0.6 is 12.4 Å². The van der Waals surface area contributed by atoms with Crippen LogP contribution in [-0.4, -0.2) is 56.6 Å². The third-order valence-corrected chi connectivity index (χ3v) is 6.23. The first-order valence-electron chi connectivity index (χ1n) is 9.80. The maximum atomic E-state index is 13.2. The molecular formula is C23H29ClN2O3. The van der Waals surface area contributed by atoms with Crippen molar-refractivity contribution < 1.29 is 14.3 Å². The van der Waals surface area contributed by atoms with Gasteiger partial charge in [0.2, 0.25) is 0 Å². The maximum absolute atomic E-state index is 13.2. The van der Waals surface area contributed by atoms with Crippen LogP contribution in [0.2, 0.25) is 0 Å². The molecule has 4 rings (SSSR count). The molecule has 0 bridgehead atoms. The monoisotopic (exact) mass is 416 g/mol. The highest BCUT2D eigenvalue weighted by molar-refractivity contribution is 5.97. The Bertz CT molecular complexity index is 871. The number of methoxy groups -OCH3 is 2. The van der Waals surface area contributed by atoms with E-state index in [1.54, 1.807) is 14.2 Å². The van der Waals surface area contributed by atoms with E-state index in [2.05, 4.69) is 24.1 Å². The second-order valence-corrected chi connectivity index (χ2v) is 8.00. The van der Waals surface area contributed by atoms with Crippen molar-refractivity contribution in [3.63, 3.8) is 0 Å². The van der Waals surface area contributed by atoms with Gasteiger partial charge in [0.25, 0.3) is 5.91 Å². The van der Waals surface area contributed by atoms with E-state index in [4.69, 9.17) is 9.47 Å². The molecule has 0 unspecified atom stereocenters. The number of carbonyl (C=O) groups is 1. The van der Waals surface area contributed by atoms with E-state index in [1.807, 2.05) is 42.2 Å². The lowest BCUT2D eigenvalue weighted by Gasteiger charge is -2.27. The molecule has 0 N–H and O–H groups in total. The third kappa shape index (κ3) is 3.94. The van der Waals surface area contributed by atoms with E-state index in [-0.39, 0.29) is 18.3 Å². The van der Waals surface area contributed by atoms with Gasteiger partial charge in [0, 0.05) is 31.6 Å². The summed E-state index contributed by atoms with van der Waals surface area (Å²) in [6, 6.07) is 14.5. The van der Waals surface area contributed by atoms with E-state index in [9.17, 15) is 4.79 Å². The Morgan fingerprint density at radius 3 is 2.38 bits per heavy atom. The van der Waals surface area contributed by atoms with Gasteiger partial charge in [-0.2, -0.15) is 0 Å². The summed E-state index contributed by atoms with van der Waals surface area (Å²) in [4.78, 5) is 17.6. The minimum atomic E-state index is 0. The van der Waals surface area contributed by atoms with Gasteiger partial charge in [0.1, 0.15) is 11.5 Å². The lowest BCUT2D eigenvalue weighted by atomic mass is 9.89. The molecule has 29 heavy (non-hydrogen) atoms. The fourth-order valence-corrected chi connectivity index (χ4v) is 4.87. The summed E-state index contributed by atoms with van der Waals surface area (Å²) in [5, 5.41) is 0. The van der Waals surface area contributed by atoms with Gasteiger partial charge in [-0.25, -0.2) is 0 Å². The van der Waals surface area contributed by atoms with Crippen molar-refractivity contribution >= 4 is 18.3 Å². The summed E-state index contributed by atoms with van der Waals surface area (Å²) in [6.07, 6.45) is 0. The fourth-order valence-electron chi connectivity index (χ4n) is 4.87. The lowest BCUT2D eigenvalue weighted by molar-refractivity contribution is 0.0764. The Morgan fingerprint density at radius 1 is 1.00 bits per heavy atom. The van der Waals surface area contributed by atoms with Crippen molar-refractivity contribution in [2.24, 2.45) is 11.8 Å². The van der Waals surface area contributed by atoms with Crippen LogP contribution in [0.1, 0.15) is 27.5 Å². The third-order valence-electron chi connectivity index (χ3n) is 6.23. The zero-order valence-electron chi connectivity index (χ0n) is 17.4. The molecule has 2 aromatic rings. The van der Waals surface area contributed by atoms with Crippen LogP contribution in [0.3, 0.4) is 0 Å². The van der Waals surface area contributed by atoms with Crippen molar-refractivity contribution in [2.45, 2.75) is 13.0 Å². The highest BCUT2D eigenvalue weighted by Crippen LogP contribution is 2.44. The van der Waals surface area contributed by atoms with E-state index in [1.165, 1.54) is 5.56 Å². The predicted octanol–water partition coefficient (Wildman–Crippen LogP) is 3.81. The number of hydrogen-bond acceptors (Lipinski definition) is 4. The van der Waals surface area contributed by atoms with Crippen LogP contribution in [0.4, 0.5) is 0 Å². The molecule has 0 aliphatic carbocycles. The highest BCUT2D eigenvalue weighted by Gasteiger charge is 2.47. The molecule has 3 atom stereocenters. The van der Waals surface area contributed by atoms with Gasteiger partial charge in [-0.05, 0) is 55.3 Å². The first-order valence-corrected chi connectivity index (χ1v) is 9.80. The van der Waals surface area contributed by atoms with Crippen LogP contribution in [0.25, 0.3) is 0 Å². The van der Waals surface area contributed by atoms with Crippen molar-refractivity contribution in [1.82, 2.24) is 9.80 Å². The van der Waals surface area contributed by atoms with Gasteiger partial charge >= 0.3 is 0 Å². The van der Waals surface area contributed by atoms with Crippen molar-refractivity contribution in [3.8, 4) is 11.5 Å². The molecule has 2 aliphatic heterocycles. The molecule has 2 saturated heterocycles. The van der Waals surface area contributed by atoms with Gasteiger partial charge in [-0.15, -0.1) is 12.4 Å². The van der Waals surface area contributed by atoms with E-state index < -0.39 is 0 Å². The highest BCUT2D eigenvalue weighted by atomic mass is 35.5. The second kappa shape index (κ2) is 8.64. The Balaban J connectivity index is 0.00000240. The number of fused-ring (bicyclic) bond motifs is 1. The summed E-state index contributed by atoms with van der Waals surface area (Å²) in [7, 11) is 5.49. The van der Waals surface area contributed by atoms with Crippen molar-refractivity contribution in [1.29, 1.82) is 0 Å². The van der Waals surface area contributed by atoms with Crippen LogP contribution in [-0.2, 0) is 0 Å². The van der Waals surface area contributed by atoms with Gasteiger partial charge in [0.05, 0.1) is 19.8 Å². The number of amides is 1. The molecule has 2 aliphatic rings. The Kier molecular flexibility index (Phi) is 6.39. The molecule has 6 heteroatoms. The Labute approximate surface area is 179 Å². The Hall–Kier alpha value is -2.24. The van der Waals surface area contributed by atoms with Gasteiger partial charge < -0.3 is 14.4 Å². The van der Waals surface area contributed by atoms with E-state index in [0.717, 1.165) is 30.9 Å². The molecule has 0 spiro atoms. The predicted molar refractivity (Wildman–Crippen MR) is 116 cm³/mol. The summed E-state index contributed by atoms with van der Waals surface area (Å²) in [5.74, 6) is 2.54.